The molecule has 0 spiro atoms. The van der Waals surface area contributed by atoms with E-state index in [1.165, 1.54) is 6.07 Å². The maximum absolute atomic E-state index is 13.5. The van der Waals surface area contributed by atoms with Gasteiger partial charge in [-0.1, -0.05) is 46.9 Å². The van der Waals surface area contributed by atoms with Gasteiger partial charge in [-0.3, -0.25) is 0 Å². The second-order valence-electron chi connectivity index (χ2n) is 4.95. The van der Waals surface area contributed by atoms with Gasteiger partial charge >= 0.3 is 0 Å². The number of halogens is 4. The summed E-state index contributed by atoms with van der Waals surface area (Å²) in [6, 6.07) is 10.2. The summed E-state index contributed by atoms with van der Waals surface area (Å²) in [5.41, 5.74) is 1.77. The SMILES string of the molecule is CC(NC(C)c1ccc(Cl)cc1Cl)c1ccc(Cl)c(F)c1. The lowest BCUT2D eigenvalue weighted by Gasteiger charge is -2.22. The Kier molecular flexibility index (Phi) is 5.50. The second-order valence-corrected chi connectivity index (χ2v) is 6.20. The highest BCUT2D eigenvalue weighted by Gasteiger charge is 2.15. The first kappa shape index (κ1) is 16.6. The summed E-state index contributed by atoms with van der Waals surface area (Å²) < 4.78 is 13.5. The summed E-state index contributed by atoms with van der Waals surface area (Å²) in [4.78, 5) is 0. The van der Waals surface area contributed by atoms with Gasteiger partial charge in [0.2, 0.25) is 0 Å². The molecule has 0 bridgehead atoms. The van der Waals surface area contributed by atoms with E-state index in [9.17, 15) is 4.39 Å². The third kappa shape index (κ3) is 4.10. The molecule has 1 nitrogen and oxygen atoms in total. The molecule has 0 heterocycles. The predicted molar refractivity (Wildman–Crippen MR) is 87.8 cm³/mol. The molecular formula is C16H15Cl3FN. The molecule has 2 aromatic rings. The minimum Gasteiger partial charge on any atom is -0.304 e. The molecule has 0 aliphatic rings. The predicted octanol–water partition coefficient (Wildman–Crippen LogP) is 6.20. The maximum Gasteiger partial charge on any atom is 0.142 e. The van der Waals surface area contributed by atoms with Crippen LogP contribution in [-0.2, 0) is 0 Å². The van der Waals surface area contributed by atoms with Crippen LogP contribution in [0.5, 0.6) is 0 Å². The molecule has 112 valence electrons. The molecule has 0 amide bonds. The largest absolute Gasteiger partial charge is 0.304 e. The fourth-order valence-corrected chi connectivity index (χ4v) is 2.89. The summed E-state index contributed by atoms with van der Waals surface area (Å²) in [6.45, 7) is 3.96. The lowest BCUT2D eigenvalue weighted by atomic mass is 10.0. The standard InChI is InChI=1S/C16H15Cl3FN/c1-9(11-3-6-14(18)16(20)7-11)21-10(2)13-5-4-12(17)8-15(13)19/h3-10,21H,1-2H3. The lowest BCUT2D eigenvalue weighted by Crippen LogP contribution is -2.22. The average Bonchev–Trinajstić information content (AvgIpc) is 2.41. The Morgan fingerprint density at radius 3 is 2.24 bits per heavy atom. The summed E-state index contributed by atoms with van der Waals surface area (Å²) in [6.07, 6.45) is 0. The van der Waals surface area contributed by atoms with Gasteiger partial charge in [0.05, 0.1) is 5.02 Å². The highest BCUT2D eigenvalue weighted by Crippen LogP contribution is 2.28. The average molecular weight is 347 g/mol. The van der Waals surface area contributed by atoms with Crippen LogP contribution in [0.1, 0.15) is 37.1 Å². The molecule has 0 aromatic heterocycles. The molecule has 0 radical (unpaired) electrons. The molecule has 2 unspecified atom stereocenters. The molecule has 2 aromatic carbocycles. The van der Waals surface area contributed by atoms with Crippen molar-refractivity contribution in [3.8, 4) is 0 Å². The molecule has 0 saturated carbocycles. The summed E-state index contributed by atoms with van der Waals surface area (Å²) in [5.74, 6) is -0.417. The van der Waals surface area contributed by atoms with Crippen molar-refractivity contribution in [2.45, 2.75) is 25.9 Å². The summed E-state index contributed by atoms with van der Waals surface area (Å²) in [5, 5.41) is 4.72. The van der Waals surface area contributed by atoms with E-state index in [1.807, 2.05) is 19.9 Å². The Hall–Kier alpha value is -0.800. The van der Waals surface area contributed by atoms with Crippen LogP contribution in [-0.4, -0.2) is 0 Å². The Bertz CT molecular complexity index is 645. The van der Waals surface area contributed by atoms with Crippen molar-refractivity contribution < 1.29 is 4.39 Å². The Morgan fingerprint density at radius 2 is 1.62 bits per heavy atom. The number of benzene rings is 2. The Balaban J connectivity index is 2.14. The monoisotopic (exact) mass is 345 g/mol. The van der Waals surface area contributed by atoms with Gasteiger partial charge in [0.15, 0.2) is 0 Å². The van der Waals surface area contributed by atoms with Crippen molar-refractivity contribution >= 4 is 34.8 Å². The quantitative estimate of drug-likeness (QED) is 0.695. The van der Waals surface area contributed by atoms with E-state index in [-0.39, 0.29) is 17.1 Å². The topological polar surface area (TPSA) is 12.0 Å². The van der Waals surface area contributed by atoms with Gasteiger partial charge in [-0.05, 0) is 49.2 Å². The van der Waals surface area contributed by atoms with Gasteiger partial charge in [-0.15, -0.1) is 0 Å². The zero-order chi connectivity index (χ0) is 15.6. The van der Waals surface area contributed by atoms with E-state index in [2.05, 4.69) is 5.32 Å². The highest BCUT2D eigenvalue weighted by atomic mass is 35.5. The van der Waals surface area contributed by atoms with Gasteiger partial charge in [0.1, 0.15) is 5.82 Å². The fraction of sp³-hybridized carbons (Fsp3) is 0.250. The van der Waals surface area contributed by atoms with Crippen molar-refractivity contribution in [2.75, 3.05) is 0 Å². The summed E-state index contributed by atoms with van der Waals surface area (Å²) >= 11 is 17.8. The first-order valence-electron chi connectivity index (χ1n) is 6.54. The van der Waals surface area contributed by atoms with Crippen molar-refractivity contribution in [1.82, 2.24) is 5.32 Å². The van der Waals surface area contributed by atoms with Crippen molar-refractivity contribution in [2.24, 2.45) is 0 Å². The number of hydrogen-bond donors (Lipinski definition) is 1. The van der Waals surface area contributed by atoms with E-state index in [0.29, 0.717) is 10.0 Å². The van der Waals surface area contributed by atoms with E-state index >= 15 is 0 Å². The van der Waals surface area contributed by atoms with Gasteiger partial charge in [-0.25, -0.2) is 4.39 Å². The number of nitrogens with one attached hydrogen (secondary N) is 1. The lowest BCUT2D eigenvalue weighted by molar-refractivity contribution is 0.492. The Morgan fingerprint density at radius 1 is 0.905 bits per heavy atom. The summed E-state index contributed by atoms with van der Waals surface area (Å²) in [7, 11) is 0. The van der Waals surface area contributed by atoms with Crippen molar-refractivity contribution in [3.05, 3.63) is 68.4 Å². The molecular weight excluding hydrogens is 332 g/mol. The molecule has 0 fully saturated rings. The second kappa shape index (κ2) is 6.97. The number of hydrogen-bond acceptors (Lipinski definition) is 1. The molecule has 1 N–H and O–H groups in total. The number of rotatable bonds is 4. The Labute approximate surface area is 139 Å². The van der Waals surface area contributed by atoms with E-state index in [1.54, 1.807) is 24.3 Å². The molecule has 2 rings (SSSR count). The van der Waals surface area contributed by atoms with Crippen LogP contribution in [0.3, 0.4) is 0 Å². The van der Waals surface area contributed by atoms with Crippen LogP contribution in [0.4, 0.5) is 4.39 Å². The minimum absolute atomic E-state index is 0.00325. The molecule has 5 heteroatoms. The highest BCUT2D eigenvalue weighted by molar-refractivity contribution is 6.35. The van der Waals surface area contributed by atoms with Crippen molar-refractivity contribution in [3.63, 3.8) is 0 Å². The van der Waals surface area contributed by atoms with Crippen LogP contribution in [0, 0.1) is 5.82 Å². The zero-order valence-corrected chi connectivity index (χ0v) is 13.9. The molecule has 21 heavy (non-hydrogen) atoms. The van der Waals surface area contributed by atoms with Gasteiger partial charge in [0.25, 0.3) is 0 Å². The first-order valence-corrected chi connectivity index (χ1v) is 7.68. The normalized spacial score (nSPS) is 14.0. The van der Waals surface area contributed by atoms with Crippen LogP contribution in [0.25, 0.3) is 0 Å². The molecule has 0 aliphatic carbocycles. The fourth-order valence-electron chi connectivity index (χ4n) is 2.20. The molecule has 0 aliphatic heterocycles. The third-order valence-corrected chi connectivity index (χ3v) is 4.24. The van der Waals surface area contributed by atoms with Crippen LogP contribution < -0.4 is 5.32 Å². The van der Waals surface area contributed by atoms with Gasteiger partial charge < -0.3 is 5.32 Å². The third-order valence-electron chi connectivity index (χ3n) is 3.37. The van der Waals surface area contributed by atoms with Crippen LogP contribution in [0.2, 0.25) is 15.1 Å². The van der Waals surface area contributed by atoms with Gasteiger partial charge in [-0.2, -0.15) is 0 Å². The zero-order valence-electron chi connectivity index (χ0n) is 11.6. The smallest absolute Gasteiger partial charge is 0.142 e. The first-order chi connectivity index (χ1) is 9.88. The van der Waals surface area contributed by atoms with Crippen LogP contribution in [0.15, 0.2) is 36.4 Å². The molecule has 0 saturated heterocycles. The molecule has 2 atom stereocenters. The van der Waals surface area contributed by atoms with E-state index in [0.717, 1.165) is 11.1 Å². The van der Waals surface area contributed by atoms with Crippen LogP contribution >= 0.6 is 34.8 Å². The van der Waals surface area contributed by atoms with E-state index < -0.39 is 5.82 Å². The van der Waals surface area contributed by atoms with Gasteiger partial charge in [0, 0.05) is 22.1 Å². The van der Waals surface area contributed by atoms with Crippen molar-refractivity contribution in [1.29, 1.82) is 0 Å². The van der Waals surface area contributed by atoms with E-state index in [4.69, 9.17) is 34.8 Å². The minimum atomic E-state index is -0.417. The maximum atomic E-state index is 13.5.